The van der Waals surface area contributed by atoms with E-state index in [1.54, 1.807) is 34.7 Å². The van der Waals surface area contributed by atoms with Gasteiger partial charge in [-0.25, -0.2) is 9.37 Å². The van der Waals surface area contributed by atoms with Crippen LogP contribution >= 0.6 is 11.3 Å². The Morgan fingerprint density at radius 3 is 2.64 bits per heavy atom. The Morgan fingerprint density at radius 1 is 1.12 bits per heavy atom. The van der Waals surface area contributed by atoms with Crippen LogP contribution in [-0.4, -0.2) is 42.0 Å². The predicted octanol–water partition coefficient (Wildman–Crippen LogP) is 3.50. The number of amides is 1. The van der Waals surface area contributed by atoms with Crippen LogP contribution in [0, 0.1) is 5.82 Å². The third-order valence-corrected chi connectivity index (χ3v) is 5.07. The highest BCUT2D eigenvalue weighted by Crippen LogP contribution is 2.25. The van der Waals surface area contributed by atoms with E-state index in [0.29, 0.717) is 48.3 Å². The fraction of sp³-hybridized carbons (Fsp3) is 0.222. The average molecular weight is 357 g/mol. The van der Waals surface area contributed by atoms with Crippen molar-refractivity contribution in [2.24, 2.45) is 0 Å². The third kappa shape index (κ3) is 3.15. The molecule has 1 amide bonds. The Balaban J connectivity index is 1.42. The Morgan fingerprint density at radius 2 is 1.92 bits per heavy atom. The van der Waals surface area contributed by atoms with Crippen molar-refractivity contribution in [2.75, 3.05) is 31.1 Å². The van der Waals surface area contributed by atoms with Crippen molar-refractivity contribution in [1.29, 1.82) is 0 Å². The van der Waals surface area contributed by atoms with Crippen molar-refractivity contribution in [1.82, 2.24) is 9.88 Å². The number of halogens is 1. The van der Waals surface area contributed by atoms with Crippen LogP contribution in [0.1, 0.15) is 10.5 Å². The maximum Gasteiger partial charge on any atom is 0.273 e. The summed E-state index contributed by atoms with van der Waals surface area (Å²) in [4.78, 5) is 20.7. The zero-order valence-corrected chi connectivity index (χ0v) is 14.2. The Hall–Kier alpha value is -2.67. The minimum atomic E-state index is -0.232. The Kier molecular flexibility index (Phi) is 4.23. The minimum absolute atomic E-state index is 0.0951. The molecule has 1 aliphatic heterocycles. The van der Waals surface area contributed by atoms with E-state index in [4.69, 9.17) is 4.42 Å². The van der Waals surface area contributed by atoms with Gasteiger partial charge in [0.2, 0.25) is 0 Å². The maximum absolute atomic E-state index is 13.9. The Labute approximate surface area is 148 Å². The third-order valence-electron chi connectivity index (χ3n) is 4.22. The number of aromatic nitrogens is 1. The fourth-order valence-corrected chi connectivity index (χ4v) is 3.67. The molecule has 0 unspecified atom stereocenters. The number of para-hydroxylation sites is 1. The smallest absolute Gasteiger partial charge is 0.273 e. The lowest BCUT2D eigenvalue weighted by molar-refractivity contribution is 0.0741. The SMILES string of the molecule is O=C(c1csc(-c2ccco2)n1)N1CCN(c2ccccc2F)CC1. The summed E-state index contributed by atoms with van der Waals surface area (Å²) in [5.41, 5.74) is 1.01. The maximum atomic E-state index is 13.9. The molecule has 0 radical (unpaired) electrons. The van der Waals surface area contributed by atoms with Gasteiger partial charge in [0.15, 0.2) is 10.8 Å². The lowest BCUT2D eigenvalue weighted by Gasteiger charge is -2.35. The van der Waals surface area contributed by atoms with Crippen LogP contribution in [-0.2, 0) is 0 Å². The second-order valence-corrected chi connectivity index (χ2v) is 6.60. The van der Waals surface area contributed by atoms with E-state index in [-0.39, 0.29) is 11.7 Å². The number of carbonyl (C=O) groups is 1. The molecule has 5 nitrogen and oxygen atoms in total. The van der Waals surface area contributed by atoms with Crippen molar-refractivity contribution >= 4 is 22.9 Å². The molecule has 7 heteroatoms. The van der Waals surface area contributed by atoms with E-state index in [2.05, 4.69) is 4.98 Å². The fourth-order valence-electron chi connectivity index (χ4n) is 2.91. The lowest BCUT2D eigenvalue weighted by atomic mass is 10.2. The molecule has 0 aliphatic carbocycles. The highest BCUT2D eigenvalue weighted by atomic mass is 32.1. The molecular weight excluding hydrogens is 341 g/mol. The van der Waals surface area contributed by atoms with Crippen LogP contribution in [0.15, 0.2) is 52.5 Å². The van der Waals surface area contributed by atoms with Gasteiger partial charge < -0.3 is 14.2 Å². The lowest BCUT2D eigenvalue weighted by Crippen LogP contribution is -2.49. The molecule has 0 atom stereocenters. The standard InChI is InChI=1S/C18H16FN3O2S/c19-13-4-1-2-5-15(13)21-7-9-22(10-8-21)18(23)14-12-25-17(20-14)16-6-3-11-24-16/h1-6,11-12H,7-10H2. The molecule has 1 aliphatic rings. The largest absolute Gasteiger partial charge is 0.462 e. The molecule has 4 rings (SSSR count). The number of hydrogen-bond donors (Lipinski definition) is 0. The summed E-state index contributed by atoms with van der Waals surface area (Å²) in [5.74, 6) is 0.334. The van der Waals surface area contributed by atoms with Crippen LogP contribution in [0.2, 0.25) is 0 Å². The number of thiazole rings is 1. The van der Waals surface area contributed by atoms with E-state index in [9.17, 15) is 9.18 Å². The van der Waals surface area contributed by atoms with Crippen LogP contribution in [0.3, 0.4) is 0 Å². The van der Waals surface area contributed by atoms with Gasteiger partial charge in [0.1, 0.15) is 11.5 Å². The second kappa shape index (κ2) is 6.68. The van der Waals surface area contributed by atoms with Gasteiger partial charge in [0.25, 0.3) is 5.91 Å². The van der Waals surface area contributed by atoms with Gasteiger partial charge >= 0.3 is 0 Å². The zero-order valence-electron chi connectivity index (χ0n) is 13.4. The first-order valence-corrected chi connectivity index (χ1v) is 8.88. The predicted molar refractivity (Wildman–Crippen MR) is 94.3 cm³/mol. The molecule has 1 aromatic carbocycles. The second-order valence-electron chi connectivity index (χ2n) is 5.75. The first kappa shape index (κ1) is 15.8. The highest BCUT2D eigenvalue weighted by molar-refractivity contribution is 7.13. The summed E-state index contributed by atoms with van der Waals surface area (Å²) in [7, 11) is 0. The number of nitrogens with zero attached hydrogens (tertiary/aromatic N) is 3. The van der Waals surface area contributed by atoms with Crippen molar-refractivity contribution in [2.45, 2.75) is 0 Å². The van der Waals surface area contributed by atoms with E-state index >= 15 is 0 Å². The van der Waals surface area contributed by atoms with Crippen LogP contribution in [0.5, 0.6) is 0 Å². The van der Waals surface area contributed by atoms with Crippen molar-refractivity contribution in [3.63, 3.8) is 0 Å². The first-order valence-electron chi connectivity index (χ1n) is 8.00. The summed E-state index contributed by atoms with van der Waals surface area (Å²) in [5, 5.41) is 2.45. The molecule has 128 valence electrons. The van der Waals surface area contributed by atoms with Crippen LogP contribution < -0.4 is 4.90 Å². The number of anilines is 1. The van der Waals surface area contributed by atoms with Crippen LogP contribution in [0.4, 0.5) is 10.1 Å². The summed E-state index contributed by atoms with van der Waals surface area (Å²) >= 11 is 1.39. The monoisotopic (exact) mass is 357 g/mol. The van der Waals surface area contributed by atoms with Crippen LogP contribution in [0.25, 0.3) is 10.8 Å². The molecule has 0 bridgehead atoms. The van der Waals surface area contributed by atoms with Gasteiger partial charge in [-0.05, 0) is 24.3 Å². The average Bonchev–Trinajstić information content (AvgIpc) is 3.33. The highest BCUT2D eigenvalue weighted by Gasteiger charge is 2.25. The number of furan rings is 1. The quantitative estimate of drug-likeness (QED) is 0.720. The van der Waals surface area contributed by atoms with E-state index in [0.717, 1.165) is 0 Å². The van der Waals surface area contributed by atoms with Crippen molar-refractivity contribution in [3.8, 4) is 10.8 Å². The summed E-state index contributed by atoms with van der Waals surface area (Å²) < 4.78 is 19.2. The van der Waals surface area contributed by atoms with Gasteiger partial charge in [-0.15, -0.1) is 11.3 Å². The molecule has 2 aromatic heterocycles. The number of carbonyl (C=O) groups excluding carboxylic acids is 1. The Bertz CT molecular complexity index is 870. The first-order chi connectivity index (χ1) is 12.2. The summed E-state index contributed by atoms with van der Waals surface area (Å²) in [6, 6.07) is 10.3. The van der Waals surface area contributed by atoms with Gasteiger partial charge in [-0.1, -0.05) is 12.1 Å². The number of hydrogen-bond acceptors (Lipinski definition) is 5. The summed E-state index contributed by atoms with van der Waals surface area (Å²) in [6.07, 6.45) is 1.58. The molecule has 0 N–H and O–H groups in total. The van der Waals surface area contributed by atoms with E-state index < -0.39 is 0 Å². The van der Waals surface area contributed by atoms with E-state index in [1.807, 2.05) is 17.0 Å². The number of rotatable bonds is 3. The molecule has 1 fully saturated rings. The normalized spacial score (nSPS) is 14.8. The zero-order chi connectivity index (χ0) is 17.2. The molecule has 3 aromatic rings. The van der Waals surface area contributed by atoms with Crippen molar-refractivity contribution in [3.05, 3.63) is 59.6 Å². The topological polar surface area (TPSA) is 49.6 Å². The molecule has 3 heterocycles. The number of piperazine rings is 1. The molecular formula is C18H16FN3O2S. The van der Waals surface area contributed by atoms with E-state index in [1.165, 1.54) is 17.4 Å². The molecule has 0 saturated carbocycles. The molecule has 1 saturated heterocycles. The molecule has 25 heavy (non-hydrogen) atoms. The van der Waals surface area contributed by atoms with Gasteiger partial charge in [0, 0.05) is 31.6 Å². The van der Waals surface area contributed by atoms with Gasteiger partial charge in [0.05, 0.1) is 12.0 Å². The number of benzene rings is 1. The molecule has 0 spiro atoms. The summed E-state index contributed by atoms with van der Waals surface area (Å²) in [6.45, 7) is 2.28. The van der Waals surface area contributed by atoms with Gasteiger partial charge in [-0.2, -0.15) is 0 Å². The minimum Gasteiger partial charge on any atom is -0.462 e. The van der Waals surface area contributed by atoms with Crippen molar-refractivity contribution < 1.29 is 13.6 Å². The van der Waals surface area contributed by atoms with Gasteiger partial charge in [-0.3, -0.25) is 4.79 Å².